The van der Waals surface area contributed by atoms with Crippen molar-refractivity contribution in [3.63, 3.8) is 0 Å². The van der Waals surface area contributed by atoms with Gasteiger partial charge in [-0.25, -0.2) is 0 Å². The van der Waals surface area contributed by atoms with E-state index >= 15 is 0 Å². The van der Waals surface area contributed by atoms with Crippen LogP contribution in [0.1, 0.15) is 39.2 Å². The summed E-state index contributed by atoms with van der Waals surface area (Å²) in [5, 5.41) is 5.73. The largest absolute Gasteiger partial charge is 0.454 e. The smallest absolute Gasteiger partial charge is 0.231 e. The van der Waals surface area contributed by atoms with Crippen LogP contribution in [0.2, 0.25) is 0 Å². The summed E-state index contributed by atoms with van der Waals surface area (Å²) in [6.45, 7) is 6.96. The molecule has 6 heteroatoms. The van der Waals surface area contributed by atoms with E-state index in [-0.39, 0.29) is 18.6 Å². The number of fused-ring (bicyclic) bond motifs is 1. The molecule has 2 amide bonds. The normalized spacial score (nSPS) is 12.8. The van der Waals surface area contributed by atoms with Gasteiger partial charge >= 0.3 is 0 Å². The summed E-state index contributed by atoms with van der Waals surface area (Å²) in [7, 11) is 0. The number of nitrogens with one attached hydrogen (secondary N) is 2. The average molecular weight is 334 g/mol. The minimum atomic E-state index is -0.396. The lowest BCUT2D eigenvalue weighted by atomic mass is 9.96. The van der Waals surface area contributed by atoms with Gasteiger partial charge in [-0.3, -0.25) is 9.59 Å². The Balaban J connectivity index is 1.59. The minimum absolute atomic E-state index is 0.000695. The number of ether oxygens (including phenoxy) is 2. The first-order valence-corrected chi connectivity index (χ1v) is 8.30. The van der Waals surface area contributed by atoms with Gasteiger partial charge in [-0.05, 0) is 30.5 Å². The molecule has 24 heavy (non-hydrogen) atoms. The Bertz CT molecular complexity index is 593. The molecule has 1 aliphatic rings. The van der Waals surface area contributed by atoms with Crippen molar-refractivity contribution in [3.8, 4) is 11.5 Å². The molecule has 0 aromatic heterocycles. The molecule has 1 aromatic carbocycles. The highest BCUT2D eigenvalue weighted by Gasteiger charge is 2.20. The Morgan fingerprint density at radius 3 is 2.58 bits per heavy atom. The summed E-state index contributed by atoms with van der Waals surface area (Å²) in [5.41, 5.74) is 0.698. The van der Waals surface area contributed by atoms with Gasteiger partial charge in [0.05, 0.1) is 0 Å². The van der Waals surface area contributed by atoms with Crippen LogP contribution in [-0.2, 0) is 16.0 Å². The molecule has 1 aromatic rings. The molecule has 0 saturated carbocycles. The lowest BCUT2D eigenvalue weighted by Gasteiger charge is -2.17. The fourth-order valence-corrected chi connectivity index (χ4v) is 2.25. The molecule has 0 bridgehead atoms. The van der Waals surface area contributed by atoms with E-state index in [0.717, 1.165) is 23.5 Å². The second-order valence-electron chi connectivity index (χ2n) is 6.90. The van der Waals surface area contributed by atoms with Crippen molar-refractivity contribution in [2.45, 2.75) is 40.0 Å². The van der Waals surface area contributed by atoms with Crippen LogP contribution in [0, 0.1) is 5.41 Å². The maximum atomic E-state index is 11.8. The number of carbonyl (C=O) groups excluding carboxylic acids is 2. The highest BCUT2D eigenvalue weighted by molar-refractivity contribution is 5.81. The summed E-state index contributed by atoms with van der Waals surface area (Å²) in [4.78, 5) is 23.5. The van der Waals surface area contributed by atoms with E-state index < -0.39 is 5.41 Å². The number of amides is 2. The van der Waals surface area contributed by atoms with Crippen LogP contribution in [-0.4, -0.2) is 31.7 Å². The van der Waals surface area contributed by atoms with Crippen molar-refractivity contribution in [2.24, 2.45) is 5.41 Å². The van der Waals surface area contributed by atoms with Crippen LogP contribution in [0.3, 0.4) is 0 Å². The second kappa shape index (κ2) is 8.04. The summed E-state index contributed by atoms with van der Waals surface area (Å²) in [6, 6.07) is 5.80. The molecular formula is C18H26N2O4. The maximum Gasteiger partial charge on any atom is 0.231 e. The Morgan fingerprint density at radius 1 is 1.08 bits per heavy atom. The first kappa shape index (κ1) is 18.1. The molecule has 0 aliphatic carbocycles. The van der Waals surface area contributed by atoms with Gasteiger partial charge in [-0.2, -0.15) is 0 Å². The van der Waals surface area contributed by atoms with E-state index in [9.17, 15) is 9.59 Å². The quantitative estimate of drug-likeness (QED) is 0.748. The van der Waals surface area contributed by atoms with Crippen molar-refractivity contribution >= 4 is 11.8 Å². The molecule has 0 atom stereocenters. The topological polar surface area (TPSA) is 76.7 Å². The molecule has 1 aliphatic heterocycles. The molecule has 6 nitrogen and oxygen atoms in total. The SMILES string of the molecule is CC(C)(C)C(=O)NCCCC(=O)NCCc1ccc2c(c1)OCO2. The van der Waals surface area contributed by atoms with E-state index in [0.29, 0.717) is 25.9 Å². The molecular weight excluding hydrogens is 308 g/mol. The van der Waals surface area contributed by atoms with E-state index in [1.807, 2.05) is 39.0 Å². The fraction of sp³-hybridized carbons (Fsp3) is 0.556. The van der Waals surface area contributed by atoms with Gasteiger partial charge in [0.15, 0.2) is 11.5 Å². The van der Waals surface area contributed by atoms with Crippen LogP contribution >= 0.6 is 0 Å². The number of hydrogen-bond donors (Lipinski definition) is 2. The molecule has 0 fully saturated rings. The Labute approximate surface area is 142 Å². The van der Waals surface area contributed by atoms with Gasteiger partial charge in [0, 0.05) is 24.9 Å². The summed E-state index contributed by atoms with van der Waals surface area (Å²) in [5.74, 6) is 1.53. The van der Waals surface area contributed by atoms with Gasteiger partial charge in [0.2, 0.25) is 18.6 Å². The van der Waals surface area contributed by atoms with Crippen LogP contribution in [0.25, 0.3) is 0 Å². The average Bonchev–Trinajstić information content (AvgIpc) is 2.98. The van der Waals surface area contributed by atoms with Crippen LogP contribution < -0.4 is 20.1 Å². The van der Waals surface area contributed by atoms with Crippen molar-refractivity contribution in [1.82, 2.24) is 10.6 Å². The third-order valence-corrected chi connectivity index (χ3v) is 3.72. The predicted molar refractivity (Wildman–Crippen MR) is 91.0 cm³/mol. The molecule has 132 valence electrons. The van der Waals surface area contributed by atoms with E-state index in [1.54, 1.807) is 0 Å². The Hall–Kier alpha value is -2.24. The Morgan fingerprint density at radius 2 is 1.83 bits per heavy atom. The van der Waals surface area contributed by atoms with Crippen LogP contribution in [0.4, 0.5) is 0 Å². The first-order chi connectivity index (χ1) is 11.4. The van der Waals surface area contributed by atoms with E-state index in [1.165, 1.54) is 0 Å². The molecule has 0 unspecified atom stereocenters. The standard InChI is InChI=1S/C18H26N2O4/c1-18(2,3)17(22)20-9-4-5-16(21)19-10-8-13-6-7-14-15(11-13)24-12-23-14/h6-7,11H,4-5,8-10,12H2,1-3H3,(H,19,21)(H,20,22). The zero-order valence-electron chi connectivity index (χ0n) is 14.6. The van der Waals surface area contributed by atoms with Gasteiger partial charge in [0.1, 0.15) is 0 Å². The predicted octanol–water partition coefficient (Wildman–Crippen LogP) is 2.02. The van der Waals surface area contributed by atoms with Gasteiger partial charge in [0.25, 0.3) is 0 Å². The van der Waals surface area contributed by atoms with Gasteiger partial charge in [-0.1, -0.05) is 26.8 Å². The van der Waals surface area contributed by atoms with Crippen LogP contribution in [0.5, 0.6) is 11.5 Å². The summed E-state index contributed by atoms with van der Waals surface area (Å²) < 4.78 is 10.6. The van der Waals surface area contributed by atoms with Gasteiger partial charge in [-0.15, -0.1) is 0 Å². The number of carbonyl (C=O) groups is 2. The summed E-state index contributed by atoms with van der Waals surface area (Å²) >= 11 is 0. The van der Waals surface area contributed by atoms with Crippen molar-refractivity contribution in [2.75, 3.05) is 19.9 Å². The lowest BCUT2D eigenvalue weighted by molar-refractivity contribution is -0.128. The zero-order chi connectivity index (χ0) is 17.6. The molecule has 1 heterocycles. The molecule has 0 saturated heterocycles. The first-order valence-electron chi connectivity index (χ1n) is 8.30. The third-order valence-electron chi connectivity index (χ3n) is 3.72. The maximum absolute atomic E-state index is 11.8. The number of hydrogen-bond acceptors (Lipinski definition) is 4. The van der Waals surface area contributed by atoms with Crippen molar-refractivity contribution in [1.29, 1.82) is 0 Å². The zero-order valence-corrected chi connectivity index (χ0v) is 14.6. The number of rotatable bonds is 7. The van der Waals surface area contributed by atoms with E-state index in [4.69, 9.17) is 9.47 Å². The minimum Gasteiger partial charge on any atom is -0.454 e. The second-order valence-corrected chi connectivity index (χ2v) is 6.90. The third kappa shape index (κ3) is 5.44. The van der Waals surface area contributed by atoms with Crippen molar-refractivity contribution < 1.29 is 19.1 Å². The van der Waals surface area contributed by atoms with Gasteiger partial charge < -0.3 is 20.1 Å². The Kier molecular flexibility index (Phi) is 6.06. The number of benzene rings is 1. The highest BCUT2D eigenvalue weighted by atomic mass is 16.7. The molecule has 0 radical (unpaired) electrons. The summed E-state index contributed by atoms with van der Waals surface area (Å²) in [6.07, 6.45) is 1.78. The highest BCUT2D eigenvalue weighted by Crippen LogP contribution is 2.32. The van der Waals surface area contributed by atoms with E-state index in [2.05, 4.69) is 10.6 Å². The molecule has 2 N–H and O–H groups in total. The fourth-order valence-electron chi connectivity index (χ4n) is 2.25. The van der Waals surface area contributed by atoms with Crippen molar-refractivity contribution in [3.05, 3.63) is 23.8 Å². The molecule has 2 rings (SSSR count). The monoisotopic (exact) mass is 334 g/mol. The lowest BCUT2D eigenvalue weighted by Crippen LogP contribution is -2.35. The van der Waals surface area contributed by atoms with Crippen LogP contribution in [0.15, 0.2) is 18.2 Å². The molecule has 0 spiro atoms.